The van der Waals surface area contributed by atoms with E-state index in [-0.39, 0.29) is 30.0 Å². The molecule has 1 amide bonds. The van der Waals surface area contributed by atoms with Crippen LogP contribution in [0.5, 0.6) is 11.5 Å². The molecule has 1 rings (SSSR count). The van der Waals surface area contributed by atoms with Gasteiger partial charge in [-0.3, -0.25) is 4.79 Å². The maximum atomic E-state index is 12.1. The zero-order valence-corrected chi connectivity index (χ0v) is 11.8. The summed E-state index contributed by atoms with van der Waals surface area (Å²) < 4.78 is 46.1. The number of carbonyl (C=O) groups excluding carboxylic acids is 1. The van der Waals surface area contributed by atoms with Crippen LogP contribution in [0.15, 0.2) is 12.1 Å². The van der Waals surface area contributed by atoms with Crippen molar-refractivity contribution < 1.29 is 37.3 Å². The first kappa shape index (κ1) is 17.6. The topological polar surface area (TPSA) is 84.9 Å². The SMILES string of the molecule is COc1cc(C(=O)O)c(OC)cc1CCNC(=O)C(F)(F)F. The van der Waals surface area contributed by atoms with E-state index in [1.165, 1.54) is 26.4 Å². The highest BCUT2D eigenvalue weighted by Gasteiger charge is 2.38. The van der Waals surface area contributed by atoms with E-state index in [1.54, 1.807) is 5.32 Å². The number of amides is 1. The van der Waals surface area contributed by atoms with E-state index in [9.17, 15) is 22.8 Å². The number of aromatic carboxylic acids is 1. The van der Waals surface area contributed by atoms with Gasteiger partial charge in [-0.1, -0.05) is 0 Å². The van der Waals surface area contributed by atoms with Crippen molar-refractivity contribution in [2.75, 3.05) is 20.8 Å². The summed E-state index contributed by atoms with van der Waals surface area (Å²) in [6.45, 7) is -0.287. The second kappa shape index (κ2) is 7.01. The minimum atomic E-state index is -4.95. The Hall–Kier alpha value is -2.45. The number of nitrogens with one attached hydrogen (secondary N) is 1. The van der Waals surface area contributed by atoms with Gasteiger partial charge in [0.05, 0.1) is 14.2 Å². The van der Waals surface area contributed by atoms with Gasteiger partial charge >= 0.3 is 18.1 Å². The van der Waals surface area contributed by atoms with Crippen molar-refractivity contribution in [2.24, 2.45) is 0 Å². The van der Waals surface area contributed by atoms with Crippen LogP contribution in [0.2, 0.25) is 0 Å². The van der Waals surface area contributed by atoms with Crippen LogP contribution in [0.4, 0.5) is 13.2 Å². The van der Waals surface area contributed by atoms with Crippen LogP contribution in [0.25, 0.3) is 0 Å². The van der Waals surface area contributed by atoms with Gasteiger partial charge in [0.1, 0.15) is 17.1 Å². The highest BCUT2D eigenvalue weighted by molar-refractivity contribution is 5.91. The summed E-state index contributed by atoms with van der Waals surface area (Å²) in [5.41, 5.74) is 0.272. The number of hydrogen-bond acceptors (Lipinski definition) is 4. The van der Waals surface area contributed by atoms with Gasteiger partial charge in [-0.05, 0) is 24.1 Å². The zero-order chi connectivity index (χ0) is 16.9. The first-order chi connectivity index (χ1) is 10.2. The number of carboxylic acid groups (broad SMARTS) is 1. The molecule has 0 radical (unpaired) electrons. The number of ether oxygens (including phenoxy) is 2. The summed E-state index contributed by atoms with van der Waals surface area (Å²) in [6, 6.07) is 2.56. The Balaban J connectivity index is 2.91. The summed E-state index contributed by atoms with van der Waals surface area (Å²) in [6.07, 6.45) is -4.93. The minimum absolute atomic E-state index is 0.0151. The third-order valence-corrected chi connectivity index (χ3v) is 2.77. The van der Waals surface area contributed by atoms with Crippen LogP contribution in [0, 0.1) is 0 Å². The quantitative estimate of drug-likeness (QED) is 0.832. The molecule has 1 aromatic rings. The molecule has 0 bridgehead atoms. The maximum Gasteiger partial charge on any atom is 0.471 e. The van der Waals surface area contributed by atoms with Gasteiger partial charge in [-0.15, -0.1) is 0 Å². The van der Waals surface area contributed by atoms with Gasteiger partial charge in [0.25, 0.3) is 0 Å². The van der Waals surface area contributed by atoms with Gasteiger partial charge in [0, 0.05) is 6.54 Å². The van der Waals surface area contributed by atoms with E-state index >= 15 is 0 Å². The summed E-state index contributed by atoms with van der Waals surface area (Å²) in [5, 5.41) is 10.7. The van der Waals surface area contributed by atoms with Gasteiger partial charge in [0.15, 0.2) is 0 Å². The van der Waals surface area contributed by atoms with E-state index in [2.05, 4.69) is 0 Å². The van der Waals surface area contributed by atoms with Crippen LogP contribution in [0.1, 0.15) is 15.9 Å². The fourth-order valence-corrected chi connectivity index (χ4v) is 1.73. The molecule has 0 aliphatic rings. The molecule has 0 unspecified atom stereocenters. The van der Waals surface area contributed by atoms with Crippen LogP contribution >= 0.6 is 0 Å². The molecular weight excluding hydrogens is 307 g/mol. The summed E-state index contributed by atoms with van der Waals surface area (Å²) in [5.74, 6) is -3.04. The molecule has 0 saturated carbocycles. The van der Waals surface area contributed by atoms with E-state index in [1.807, 2.05) is 0 Å². The lowest BCUT2D eigenvalue weighted by Gasteiger charge is -2.13. The highest BCUT2D eigenvalue weighted by atomic mass is 19.4. The fraction of sp³-hybridized carbons (Fsp3) is 0.385. The molecule has 0 heterocycles. The number of carbonyl (C=O) groups is 2. The van der Waals surface area contributed by atoms with Gasteiger partial charge in [-0.25, -0.2) is 4.79 Å². The van der Waals surface area contributed by atoms with E-state index < -0.39 is 18.1 Å². The number of halogens is 3. The molecule has 0 saturated heterocycles. The number of alkyl halides is 3. The first-order valence-corrected chi connectivity index (χ1v) is 6.04. The zero-order valence-electron chi connectivity index (χ0n) is 11.8. The van der Waals surface area contributed by atoms with Crippen molar-refractivity contribution in [3.63, 3.8) is 0 Å². The molecule has 122 valence electrons. The Morgan fingerprint density at radius 3 is 2.23 bits per heavy atom. The average molecular weight is 321 g/mol. The third-order valence-electron chi connectivity index (χ3n) is 2.77. The van der Waals surface area contributed by atoms with Crippen molar-refractivity contribution in [2.45, 2.75) is 12.6 Å². The molecule has 0 spiro atoms. The van der Waals surface area contributed by atoms with E-state index in [0.717, 1.165) is 0 Å². The molecule has 0 aliphatic carbocycles. The van der Waals surface area contributed by atoms with Crippen LogP contribution in [-0.2, 0) is 11.2 Å². The minimum Gasteiger partial charge on any atom is -0.496 e. The molecule has 2 N–H and O–H groups in total. The largest absolute Gasteiger partial charge is 0.496 e. The van der Waals surface area contributed by atoms with Crippen molar-refractivity contribution in [1.82, 2.24) is 5.32 Å². The van der Waals surface area contributed by atoms with E-state index in [0.29, 0.717) is 5.56 Å². The van der Waals surface area contributed by atoms with Crippen molar-refractivity contribution in [3.8, 4) is 11.5 Å². The lowest BCUT2D eigenvalue weighted by atomic mass is 10.1. The predicted molar refractivity (Wildman–Crippen MR) is 69.3 cm³/mol. The predicted octanol–water partition coefficient (Wildman–Crippen LogP) is 1.62. The Kier molecular flexibility index (Phi) is 5.61. The average Bonchev–Trinajstić information content (AvgIpc) is 2.45. The maximum absolute atomic E-state index is 12.1. The van der Waals surface area contributed by atoms with Gasteiger partial charge < -0.3 is 19.9 Å². The Bertz CT molecular complexity index is 572. The van der Waals surface area contributed by atoms with E-state index in [4.69, 9.17) is 14.6 Å². The second-order valence-corrected chi connectivity index (χ2v) is 4.17. The lowest BCUT2D eigenvalue weighted by molar-refractivity contribution is -0.173. The summed E-state index contributed by atoms with van der Waals surface area (Å²) in [4.78, 5) is 21.8. The third kappa shape index (κ3) is 4.27. The molecule has 6 nitrogen and oxygen atoms in total. The molecule has 0 atom stereocenters. The standard InChI is InChI=1S/C13H14F3NO5/c1-21-9-6-8(11(18)19)10(22-2)5-7(9)3-4-17-12(20)13(14,15)16/h5-6H,3-4H2,1-2H3,(H,17,20)(H,18,19). The second-order valence-electron chi connectivity index (χ2n) is 4.17. The molecule has 22 heavy (non-hydrogen) atoms. The van der Waals surface area contributed by atoms with Gasteiger partial charge in [-0.2, -0.15) is 13.2 Å². The van der Waals surface area contributed by atoms with Crippen molar-refractivity contribution in [3.05, 3.63) is 23.3 Å². The molecule has 0 aromatic heterocycles. The number of benzene rings is 1. The number of hydrogen-bond donors (Lipinski definition) is 2. The first-order valence-electron chi connectivity index (χ1n) is 6.04. The Labute approximate surface area is 123 Å². The van der Waals surface area contributed by atoms with Crippen molar-refractivity contribution >= 4 is 11.9 Å². The van der Waals surface area contributed by atoms with Crippen LogP contribution in [-0.4, -0.2) is 43.9 Å². The number of carboxylic acids is 1. The summed E-state index contributed by atoms with van der Waals surface area (Å²) >= 11 is 0. The Morgan fingerprint density at radius 2 is 1.77 bits per heavy atom. The van der Waals surface area contributed by atoms with Gasteiger partial charge in [0.2, 0.25) is 0 Å². The molecular formula is C13H14F3NO5. The molecule has 0 aliphatic heterocycles. The van der Waals surface area contributed by atoms with Crippen molar-refractivity contribution in [1.29, 1.82) is 0 Å². The fourth-order valence-electron chi connectivity index (χ4n) is 1.73. The summed E-state index contributed by atoms with van der Waals surface area (Å²) in [7, 11) is 2.56. The monoisotopic (exact) mass is 321 g/mol. The van der Waals surface area contributed by atoms with Crippen LogP contribution < -0.4 is 14.8 Å². The smallest absolute Gasteiger partial charge is 0.471 e. The number of methoxy groups -OCH3 is 2. The molecule has 9 heteroatoms. The van der Waals surface area contributed by atoms with Crippen LogP contribution in [0.3, 0.4) is 0 Å². The Morgan fingerprint density at radius 1 is 1.18 bits per heavy atom. The lowest BCUT2D eigenvalue weighted by Crippen LogP contribution is -2.37. The molecule has 0 fully saturated rings. The molecule has 1 aromatic carbocycles. The normalized spacial score (nSPS) is 11.0. The number of rotatable bonds is 6. The highest BCUT2D eigenvalue weighted by Crippen LogP contribution is 2.29.